The second-order valence-corrected chi connectivity index (χ2v) is 6.57. The van der Waals surface area contributed by atoms with E-state index in [0.717, 1.165) is 16.7 Å². The van der Waals surface area contributed by atoms with Crippen molar-refractivity contribution in [2.45, 2.75) is 6.54 Å². The molecule has 0 amide bonds. The van der Waals surface area contributed by atoms with E-state index < -0.39 is 0 Å². The van der Waals surface area contributed by atoms with Gasteiger partial charge in [-0.05, 0) is 23.8 Å². The number of rotatable bonds is 4. The number of hydrogen-bond donors (Lipinski definition) is 0. The largest absolute Gasteiger partial charge is 0.298 e. The van der Waals surface area contributed by atoms with Gasteiger partial charge in [-0.25, -0.2) is 0 Å². The smallest absolute Gasteiger partial charge is 0.153 e. The SMILES string of the molecule is O=Cc1cn(Cc2ccccc2Cl)nc1-c1ccc(Cl)s1. The lowest BCUT2D eigenvalue weighted by Crippen LogP contribution is -2.00. The molecule has 0 aliphatic heterocycles. The Labute approximate surface area is 135 Å². The van der Waals surface area contributed by atoms with Crippen molar-refractivity contribution < 1.29 is 4.79 Å². The zero-order valence-electron chi connectivity index (χ0n) is 10.8. The van der Waals surface area contributed by atoms with Crippen molar-refractivity contribution in [3.8, 4) is 10.6 Å². The molecule has 3 rings (SSSR count). The predicted molar refractivity (Wildman–Crippen MR) is 86.5 cm³/mol. The summed E-state index contributed by atoms with van der Waals surface area (Å²) in [6, 6.07) is 11.2. The summed E-state index contributed by atoms with van der Waals surface area (Å²) in [5.41, 5.74) is 2.14. The first-order chi connectivity index (χ1) is 10.2. The Morgan fingerprint density at radius 3 is 2.67 bits per heavy atom. The number of hydrogen-bond acceptors (Lipinski definition) is 3. The number of carbonyl (C=O) groups excluding carboxylic acids is 1. The molecule has 3 aromatic rings. The maximum absolute atomic E-state index is 11.2. The van der Waals surface area contributed by atoms with Gasteiger partial charge in [-0.3, -0.25) is 9.48 Å². The van der Waals surface area contributed by atoms with Crippen LogP contribution in [0.3, 0.4) is 0 Å². The van der Waals surface area contributed by atoms with Gasteiger partial charge in [0.05, 0.1) is 21.3 Å². The number of carbonyl (C=O) groups is 1. The molecule has 0 N–H and O–H groups in total. The van der Waals surface area contributed by atoms with Gasteiger partial charge in [0, 0.05) is 11.2 Å². The van der Waals surface area contributed by atoms with Crippen LogP contribution in [0.15, 0.2) is 42.6 Å². The summed E-state index contributed by atoms with van der Waals surface area (Å²) >= 11 is 13.5. The normalized spacial score (nSPS) is 10.8. The molecule has 0 atom stereocenters. The average Bonchev–Trinajstić information content (AvgIpc) is 3.07. The highest BCUT2D eigenvalue weighted by atomic mass is 35.5. The maximum atomic E-state index is 11.2. The number of halogens is 2. The van der Waals surface area contributed by atoms with Gasteiger partial charge < -0.3 is 0 Å². The van der Waals surface area contributed by atoms with Crippen molar-refractivity contribution in [3.05, 3.63) is 63.1 Å². The molecule has 2 heterocycles. The molecule has 0 radical (unpaired) electrons. The molecule has 0 saturated carbocycles. The maximum Gasteiger partial charge on any atom is 0.153 e. The fraction of sp³-hybridized carbons (Fsp3) is 0.0667. The minimum absolute atomic E-state index is 0.514. The molecule has 2 aromatic heterocycles. The van der Waals surface area contributed by atoms with Crippen molar-refractivity contribution in [1.29, 1.82) is 0 Å². The van der Waals surface area contributed by atoms with Gasteiger partial charge in [0.15, 0.2) is 6.29 Å². The minimum atomic E-state index is 0.514. The van der Waals surface area contributed by atoms with E-state index >= 15 is 0 Å². The number of nitrogens with zero attached hydrogens (tertiary/aromatic N) is 2. The molecule has 0 saturated heterocycles. The molecule has 106 valence electrons. The molecule has 0 unspecified atom stereocenters. The quantitative estimate of drug-likeness (QED) is 0.642. The summed E-state index contributed by atoms with van der Waals surface area (Å²) in [5, 5.41) is 5.16. The fourth-order valence-electron chi connectivity index (χ4n) is 2.04. The van der Waals surface area contributed by atoms with Crippen LogP contribution >= 0.6 is 34.5 Å². The topological polar surface area (TPSA) is 34.9 Å². The van der Waals surface area contributed by atoms with Gasteiger partial charge in [0.25, 0.3) is 0 Å². The van der Waals surface area contributed by atoms with E-state index in [1.165, 1.54) is 11.3 Å². The van der Waals surface area contributed by atoms with E-state index in [1.54, 1.807) is 16.9 Å². The molecule has 6 heteroatoms. The zero-order valence-corrected chi connectivity index (χ0v) is 13.1. The first-order valence-corrected chi connectivity index (χ1v) is 7.76. The highest BCUT2D eigenvalue weighted by molar-refractivity contribution is 7.19. The van der Waals surface area contributed by atoms with Crippen molar-refractivity contribution >= 4 is 40.8 Å². The van der Waals surface area contributed by atoms with Crippen LogP contribution in [0.1, 0.15) is 15.9 Å². The van der Waals surface area contributed by atoms with Gasteiger partial charge in [0.2, 0.25) is 0 Å². The van der Waals surface area contributed by atoms with Gasteiger partial charge in [0.1, 0.15) is 5.69 Å². The van der Waals surface area contributed by atoms with E-state index in [9.17, 15) is 4.79 Å². The molecule has 1 aromatic carbocycles. The number of aldehydes is 1. The lowest BCUT2D eigenvalue weighted by molar-refractivity contribution is 0.112. The second kappa shape index (κ2) is 6.02. The summed E-state index contributed by atoms with van der Waals surface area (Å²) in [5.74, 6) is 0. The summed E-state index contributed by atoms with van der Waals surface area (Å²) in [4.78, 5) is 12.1. The molecular weight excluding hydrogens is 327 g/mol. The fourth-order valence-corrected chi connectivity index (χ4v) is 3.28. The lowest BCUT2D eigenvalue weighted by Gasteiger charge is -2.03. The third-order valence-corrected chi connectivity index (χ3v) is 4.62. The molecule has 3 nitrogen and oxygen atoms in total. The van der Waals surface area contributed by atoms with Crippen LogP contribution in [-0.2, 0) is 6.54 Å². The first kappa shape index (κ1) is 14.3. The summed E-state index contributed by atoms with van der Waals surface area (Å²) in [6.45, 7) is 0.514. The molecule has 0 bridgehead atoms. The van der Waals surface area contributed by atoms with Gasteiger partial charge in [-0.2, -0.15) is 5.10 Å². The molecule has 0 aliphatic rings. The Bertz CT molecular complexity index is 795. The van der Waals surface area contributed by atoms with Crippen molar-refractivity contribution in [1.82, 2.24) is 9.78 Å². The second-order valence-electron chi connectivity index (χ2n) is 4.44. The Morgan fingerprint density at radius 2 is 2.00 bits per heavy atom. The lowest BCUT2D eigenvalue weighted by atomic mass is 10.2. The third kappa shape index (κ3) is 3.02. The van der Waals surface area contributed by atoms with Gasteiger partial charge in [-0.15, -0.1) is 11.3 Å². The van der Waals surface area contributed by atoms with Crippen LogP contribution in [0.25, 0.3) is 10.6 Å². The molecular formula is C15H10Cl2N2OS. The third-order valence-electron chi connectivity index (χ3n) is 3.01. The van der Waals surface area contributed by atoms with Gasteiger partial charge in [-0.1, -0.05) is 41.4 Å². The minimum Gasteiger partial charge on any atom is -0.298 e. The molecule has 0 aliphatic carbocycles. The van der Waals surface area contributed by atoms with Crippen LogP contribution in [0.5, 0.6) is 0 Å². The number of benzene rings is 1. The van der Waals surface area contributed by atoms with Crippen molar-refractivity contribution in [2.75, 3.05) is 0 Å². The summed E-state index contributed by atoms with van der Waals surface area (Å²) in [7, 11) is 0. The monoisotopic (exact) mass is 336 g/mol. The highest BCUT2D eigenvalue weighted by Crippen LogP contribution is 2.31. The number of thiophene rings is 1. The molecule has 0 fully saturated rings. The average molecular weight is 337 g/mol. The van der Waals surface area contributed by atoms with E-state index in [1.807, 2.05) is 30.3 Å². The molecule has 21 heavy (non-hydrogen) atoms. The van der Waals surface area contributed by atoms with E-state index in [4.69, 9.17) is 23.2 Å². The van der Waals surface area contributed by atoms with Gasteiger partial charge >= 0.3 is 0 Å². The van der Waals surface area contributed by atoms with Crippen molar-refractivity contribution in [2.24, 2.45) is 0 Å². The summed E-state index contributed by atoms with van der Waals surface area (Å²) < 4.78 is 2.39. The van der Waals surface area contributed by atoms with Crippen molar-refractivity contribution in [3.63, 3.8) is 0 Å². The zero-order chi connectivity index (χ0) is 14.8. The van der Waals surface area contributed by atoms with E-state index in [2.05, 4.69) is 5.10 Å². The summed E-state index contributed by atoms with van der Waals surface area (Å²) in [6.07, 6.45) is 2.53. The van der Waals surface area contributed by atoms with Crippen LogP contribution in [0.4, 0.5) is 0 Å². The Balaban J connectivity index is 1.96. The van der Waals surface area contributed by atoms with Crippen LogP contribution in [0.2, 0.25) is 9.36 Å². The first-order valence-electron chi connectivity index (χ1n) is 6.19. The highest BCUT2D eigenvalue weighted by Gasteiger charge is 2.13. The Kier molecular flexibility index (Phi) is 4.10. The standard InChI is InChI=1S/C15H10Cl2N2OS/c16-12-4-2-1-3-10(12)7-19-8-11(9-20)15(18-19)13-5-6-14(17)21-13/h1-6,8-9H,7H2. The Morgan fingerprint density at radius 1 is 1.19 bits per heavy atom. The van der Waals surface area contributed by atoms with Crippen LogP contribution in [0, 0.1) is 0 Å². The van der Waals surface area contributed by atoms with E-state index in [0.29, 0.717) is 27.2 Å². The van der Waals surface area contributed by atoms with Crippen LogP contribution in [-0.4, -0.2) is 16.1 Å². The molecule has 0 spiro atoms. The van der Waals surface area contributed by atoms with Crippen LogP contribution < -0.4 is 0 Å². The van der Waals surface area contributed by atoms with E-state index in [-0.39, 0.29) is 0 Å². The predicted octanol–water partition coefficient (Wildman–Crippen LogP) is 4.78. The number of aromatic nitrogens is 2. The Hall–Kier alpha value is -1.62.